The second-order valence-electron chi connectivity index (χ2n) is 3.23. The third-order valence-corrected chi connectivity index (χ3v) is 2.22. The first-order valence-electron chi connectivity index (χ1n) is 4.19. The number of furan rings is 1. The quantitative estimate of drug-likeness (QED) is 0.748. The van der Waals surface area contributed by atoms with Crippen molar-refractivity contribution >= 4 is 22.6 Å². The van der Waals surface area contributed by atoms with Gasteiger partial charge in [-0.25, -0.2) is 0 Å². The Balaban J connectivity index is 2.62. The fraction of sp³-hybridized carbons (Fsp3) is 0.200. The highest BCUT2D eigenvalue weighted by atomic mass is 35.5. The number of halogens is 1. The van der Waals surface area contributed by atoms with Gasteiger partial charge in [0.2, 0.25) is 0 Å². The van der Waals surface area contributed by atoms with Crippen LogP contribution in [0.5, 0.6) is 0 Å². The fourth-order valence-electron chi connectivity index (χ4n) is 1.28. The van der Waals surface area contributed by atoms with Gasteiger partial charge in [-0.3, -0.25) is 0 Å². The van der Waals surface area contributed by atoms with Crippen molar-refractivity contribution in [3.05, 3.63) is 35.0 Å². The fourth-order valence-corrected chi connectivity index (χ4v) is 1.46. The van der Waals surface area contributed by atoms with E-state index < -0.39 is 0 Å². The average Bonchev–Trinajstić information content (AvgIpc) is 2.46. The second kappa shape index (κ2) is 3.05. The summed E-state index contributed by atoms with van der Waals surface area (Å²) < 4.78 is 5.56. The molecule has 0 unspecified atom stereocenters. The molecule has 0 radical (unpaired) electrons. The predicted octanol–water partition coefficient (Wildman–Crippen LogP) is 2.39. The van der Waals surface area contributed by atoms with Gasteiger partial charge in [0, 0.05) is 10.4 Å². The molecular formula is C10H11ClNO+. The maximum absolute atomic E-state index is 5.85. The maximum atomic E-state index is 5.85. The summed E-state index contributed by atoms with van der Waals surface area (Å²) >= 11 is 5.85. The minimum absolute atomic E-state index is 0.172. The van der Waals surface area contributed by atoms with Crippen molar-refractivity contribution < 1.29 is 10.2 Å². The van der Waals surface area contributed by atoms with Crippen molar-refractivity contribution in [3.63, 3.8) is 0 Å². The van der Waals surface area contributed by atoms with Crippen LogP contribution in [0.25, 0.3) is 11.0 Å². The highest BCUT2D eigenvalue weighted by Crippen LogP contribution is 2.24. The van der Waals surface area contributed by atoms with E-state index in [1.54, 1.807) is 0 Å². The van der Waals surface area contributed by atoms with E-state index in [0.29, 0.717) is 0 Å². The molecule has 3 heteroatoms. The van der Waals surface area contributed by atoms with E-state index in [2.05, 4.69) is 5.73 Å². The largest absolute Gasteiger partial charge is 0.455 e. The van der Waals surface area contributed by atoms with Gasteiger partial charge >= 0.3 is 0 Å². The topological polar surface area (TPSA) is 40.8 Å². The number of fused-ring (bicyclic) bond motifs is 1. The van der Waals surface area contributed by atoms with Crippen molar-refractivity contribution in [3.8, 4) is 0 Å². The van der Waals surface area contributed by atoms with Gasteiger partial charge in [-0.05, 0) is 31.2 Å². The molecule has 0 spiro atoms. The van der Waals surface area contributed by atoms with Crippen LogP contribution in [0.2, 0.25) is 5.02 Å². The summed E-state index contributed by atoms with van der Waals surface area (Å²) in [5.74, 6) is 0.900. The zero-order valence-corrected chi connectivity index (χ0v) is 8.14. The molecule has 0 saturated heterocycles. The lowest BCUT2D eigenvalue weighted by Gasteiger charge is -1.92. The molecular weight excluding hydrogens is 186 g/mol. The summed E-state index contributed by atoms with van der Waals surface area (Å²) in [6.07, 6.45) is 0. The molecule has 2 nitrogen and oxygen atoms in total. The van der Waals surface area contributed by atoms with Crippen molar-refractivity contribution in [1.82, 2.24) is 0 Å². The smallest absolute Gasteiger partial charge is 0.162 e. The Hall–Kier alpha value is -0.990. The summed E-state index contributed by atoms with van der Waals surface area (Å²) in [6.45, 7) is 2.00. The SMILES string of the molecule is C[C@@H]([NH3+])c1cc2cc(Cl)ccc2o1. The van der Waals surface area contributed by atoms with Gasteiger partial charge in [0.25, 0.3) is 0 Å². The Bertz CT molecular complexity index is 433. The van der Waals surface area contributed by atoms with Gasteiger partial charge in [-0.2, -0.15) is 0 Å². The van der Waals surface area contributed by atoms with E-state index in [4.69, 9.17) is 16.0 Å². The highest BCUT2D eigenvalue weighted by Gasteiger charge is 2.09. The van der Waals surface area contributed by atoms with Crippen LogP contribution in [-0.2, 0) is 0 Å². The summed E-state index contributed by atoms with van der Waals surface area (Å²) in [5, 5.41) is 1.77. The lowest BCUT2D eigenvalue weighted by atomic mass is 10.2. The number of hydrogen-bond donors (Lipinski definition) is 1. The molecule has 13 heavy (non-hydrogen) atoms. The van der Waals surface area contributed by atoms with Gasteiger partial charge < -0.3 is 10.2 Å². The molecule has 0 aliphatic rings. The molecule has 0 aliphatic heterocycles. The van der Waals surface area contributed by atoms with Gasteiger partial charge in [0.15, 0.2) is 5.76 Å². The van der Waals surface area contributed by atoms with Crippen LogP contribution in [0.15, 0.2) is 28.7 Å². The van der Waals surface area contributed by atoms with Gasteiger partial charge in [0.1, 0.15) is 11.6 Å². The number of hydrogen-bond acceptors (Lipinski definition) is 1. The highest BCUT2D eigenvalue weighted by molar-refractivity contribution is 6.31. The van der Waals surface area contributed by atoms with E-state index in [9.17, 15) is 0 Å². The molecule has 0 amide bonds. The Labute approximate surface area is 81.3 Å². The van der Waals surface area contributed by atoms with Gasteiger partial charge in [-0.15, -0.1) is 0 Å². The molecule has 68 valence electrons. The molecule has 0 fully saturated rings. The summed E-state index contributed by atoms with van der Waals surface area (Å²) in [7, 11) is 0. The zero-order chi connectivity index (χ0) is 9.42. The number of quaternary nitrogens is 1. The third kappa shape index (κ3) is 1.55. The number of rotatable bonds is 1. The van der Waals surface area contributed by atoms with Crippen LogP contribution in [0.3, 0.4) is 0 Å². The molecule has 3 N–H and O–H groups in total. The van der Waals surface area contributed by atoms with Crippen LogP contribution < -0.4 is 5.73 Å². The van der Waals surface area contributed by atoms with Crippen molar-refractivity contribution in [2.24, 2.45) is 0 Å². The third-order valence-electron chi connectivity index (χ3n) is 1.98. The molecule has 1 atom stereocenters. The first kappa shape index (κ1) is 8.60. The van der Waals surface area contributed by atoms with Crippen LogP contribution in [0, 0.1) is 0 Å². The molecule has 0 bridgehead atoms. The minimum atomic E-state index is 0.172. The normalized spacial score (nSPS) is 13.5. The Kier molecular flexibility index (Phi) is 2.02. The summed E-state index contributed by atoms with van der Waals surface area (Å²) in [5.41, 5.74) is 4.77. The van der Waals surface area contributed by atoms with Crippen molar-refractivity contribution in [2.45, 2.75) is 13.0 Å². The van der Waals surface area contributed by atoms with Crippen LogP contribution in [-0.4, -0.2) is 0 Å². The number of benzene rings is 1. The first-order chi connectivity index (χ1) is 6.16. The summed E-state index contributed by atoms with van der Waals surface area (Å²) in [4.78, 5) is 0. The van der Waals surface area contributed by atoms with E-state index in [1.165, 1.54) is 0 Å². The molecule has 0 aliphatic carbocycles. The van der Waals surface area contributed by atoms with E-state index in [1.807, 2.05) is 31.2 Å². The monoisotopic (exact) mass is 196 g/mol. The lowest BCUT2D eigenvalue weighted by molar-refractivity contribution is -0.424. The molecule has 0 saturated carbocycles. The Morgan fingerprint density at radius 3 is 2.85 bits per heavy atom. The standard InChI is InChI=1S/C10H10ClNO/c1-6(12)10-5-7-4-8(11)2-3-9(7)13-10/h2-6H,12H2,1H3/p+1/t6-/m1/s1. The van der Waals surface area contributed by atoms with Crippen LogP contribution in [0.4, 0.5) is 0 Å². The summed E-state index contributed by atoms with van der Waals surface area (Å²) in [6, 6.07) is 7.76. The maximum Gasteiger partial charge on any atom is 0.162 e. The van der Waals surface area contributed by atoms with Crippen LogP contribution in [0.1, 0.15) is 18.7 Å². The molecule has 1 aromatic heterocycles. The zero-order valence-electron chi connectivity index (χ0n) is 7.38. The minimum Gasteiger partial charge on any atom is -0.455 e. The van der Waals surface area contributed by atoms with E-state index >= 15 is 0 Å². The van der Waals surface area contributed by atoms with Crippen LogP contribution >= 0.6 is 11.6 Å². The first-order valence-corrected chi connectivity index (χ1v) is 4.56. The van der Waals surface area contributed by atoms with E-state index in [0.717, 1.165) is 21.8 Å². The van der Waals surface area contributed by atoms with Gasteiger partial charge in [0.05, 0.1) is 0 Å². The van der Waals surface area contributed by atoms with Crippen molar-refractivity contribution in [2.75, 3.05) is 0 Å². The molecule has 2 rings (SSSR count). The van der Waals surface area contributed by atoms with E-state index in [-0.39, 0.29) is 6.04 Å². The molecule has 1 heterocycles. The second-order valence-corrected chi connectivity index (χ2v) is 3.67. The molecule has 2 aromatic rings. The van der Waals surface area contributed by atoms with Gasteiger partial charge in [-0.1, -0.05) is 11.6 Å². The Morgan fingerprint density at radius 2 is 2.15 bits per heavy atom. The predicted molar refractivity (Wildman–Crippen MR) is 52.5 cm³/mol. The lowest BCUT2D eigenvalue weighted by Crippen LogP contribution is -2.51. The average molecular weight is 197 g/mol. The Morgan fingerprint density at radius 1 is 1.38 bits per heavy atom. The molecule has 1 aromatic carbocycles. The van der Waals surface area contributed by atoms with Crippen molar-refractivity contribution in [1.29, 1.82) is 0 Å².